The van der Waals surface area contributed by atoms with E-state index in [2.05, 4.69) is 45.1 Å². The van der Waals surface area contributed by atoms with Crippen molar-refractivity contribution in [2.24, 2.45) is 20.0 Å². The summed E-state index contributed by atoms with van der Waals surface area (Å²) in [4.78, 5) is 9.06. The molecule has 132 valence electrons. The molecule has 1 saturated heterocycles. The Morgan fingerprint density at radius 2 is 2.04 bits per heavy atom. The Kier molecular flexibility index (Phi) is 4.55. The number of nitrogens with one attached hydrogen (secondary N) is 1. The average molecular weight is 339 g/mol. The van der Waals surface area contributed by atoms with Gasteiger partial charge in [-0.1, -0.05) is 6.07 Å². The molecule has 0 radical (unpaired) electrons. The number of rotatable bonds is 5. The van der Waals surface area contributed by atoms with Crippen molar-refractivity contribution in [2.45, 2.75) is 25.4 Å². The van der Waals surface area contributed by atoms with Gasteiger partial charge in [-0.15, -0.1) is 0 Å². The van der Waals surface area contributed by atoms with Gasteiger partial charge in [-0.25, -0.2) is 9.97 Å². The van der Waals surface area contributed by atoms with Gasteiger partial charge in [-0.05, 0) is 36.5 Å². The van der Waals surface area contributed by atoms with Crippen molar-refractivity contribution in [3.63, 3.8) is 0 Å². The van der Waals surface area contributed by atoms with Crippen LogP contribution in [0.5, 0.6) is 0 Å². The zero-order chi connectivity index (χ0) is 17.2. The largest absolute Gasteiger partial charge is 0.381 e. The molecule has 1 N–H and O–H groups in total. The summed E-state index contributed by atoms with van der Waals surface area (Å²) in [5.41, 5.74) is 3.45. The fourth-order valence-corrected chi connectivity index (χ4v) is 3.71. The van der Waals surface area contributed by atoms with Crippen LogP contribution in [0, 0.1) is 5.92 Å². The van der Waals surface area contributed by atoms with Crippen LogP contribution in [-0.2, 0) is 25.4 Å². The molecule has 1 aliphatic heterocycles. The molecule has 3 aromatic rings. The molecule has 1 fully saturated rings. The highest BCUT2D eigenvalue weighted by molar-refractivity contribution is 5.75. The third kappa shape index (κ3) is 3.32. The second kappa shape index (κ2) is 6.98. The molecule has 1 atom stereocenters. The highest BCUT2D eigenvalue weighted by Crippen LogP contribution is 2.29. The topological polar surface area (TPSA) is 56.9 Å². The number of hydrogen-bond acceptors (Lipinski definition) is 4. The van der Waals surface area contributed by atoms with Crippen LogP contribution in [0.3, 0.4) is 0 Å². The van der Waals surface area contributed by atoms with E-state index >= 15 is 0 Å². The number of fused-ring (bicyclic) bond motifs is 1. The first-order valence-electron chi connectivity index (χ1n) is 8.90. The van der Waals surface area contributed by atoms with E-state index in [0.717, 1.165) is 49.5 Å². The molecule has 25 heavy (non-hydrogen) atoms. The van der Waals surface area contributed by atoms with Crippen LogP contribution in [0.25, 0.3) is 11.0 Å². The summed E-state index contributed by atoms with van der Waals surface area (Å²) < 4.78 is 9.71. The van der Waals surface area contributed by atoms with Gasteiger partial charge in [0.2, 0.25) is 0 Å². The van der Waals surface area contributed by atoms with Crippen LogP contribution < -0.4 is 5.32 Å². The number of benzene rings is 1. The average Bonchev–Trinajstić information content (AvgIpc) is 3.22. The lowest BCUT2D eigenvalue weighted by Gasteiger charge is -2.30. The van der Waals surface area contributed by atoms with E-state index in [1.807, 2.05) is 30.3 Å². The molecule has 0 bridgehead atoms. The second-order valence-electron chi connectivity index (χ2n) is 6.88. The molecule has 1 aromatic carbocycles. The minimum absolute atomic E-state index is 0.239. The minimum atomic E-state index is 0.239. The molecule has 4 rings (SSSR count). The zero-order valence-corrected chi connectivity index (χ0v) is 14.9. The van der Waals surface area contributed by atoms with Crippen molar-refractivity contribution in [1.82, 2.24) is 24.4 Å². The Bertz CT molecular complexity index is 846. The van der Waals surface area contributed by atoms with Crippen LogP contribution in [0.15, 0.2) is 36.9 Å². The first-order valence-corrected chi connectivity index (χ1v) is 8.90. The van der Waals surface area contributed by atoms with E-state index in [4.69, 9.17) is 4.74 Å². The Morgan fingerprint density at radius 3 is 2.80 bits per heavy atom. The van der Waals surface area contributed by atoms with Gasteiger partial charge in [-0.2, -0.15) is 0 Å². The van der Waals surface area contributed by atoms with Crippen LogP contribution in [0.1, 0.15) is 30.3 Å². The molecule has 0 aliphatic carbocycles. The number of imidazole rings is 2. The lowest BCUT2D eigenvalue weighted by molar-refractivity contribution is 0.0518. The van der Waals surface area contributed by atoms with Crippen molar-refractivity contribution in [1.29, 1.82) is 0 Å². The molecule has 0 unspecified atom stereocenters. The van der Waals surface area contributed by atoms with Gasteiger partial charge in [0.15, 0.2) is 0 Å². The second-order valence-corrected chi connectivity index (χ2v) is 6.88. The standard InChI is InChI=1S/C19H25N5O/c1-23-8-7-20-19(23)18(15-5-9-25-10-6-15)21-12-14-3-4-17-16(11-14)22-13-24(17)2/h3-4,7-8,11,13,15,18,21H,5-6,9-10,12H2,1-2H3/t18-/m1/s1. The fraction of sp³-hybridized carbons (Fsp3) is 0.474. The monoisotopic (exact) mass is 339 g/mol. The predicted octanol–water partition coefficient (Wildman–Crippen LogP) is 2.56. The van der Waals surface area contributed by atoms with Gasteiger partial charge in [-0.3, -0.25) is 0 Å². The Morgan fingerprint density at radius 1 is 1.20 bits per heavy atom. The van der Waals surface area contributed by atoms with Crippen molar-refractivity contribution < 1.29 is 4.74 Å². The Hall–Kier alpha value is -2.18. The minimum Gasteiger partial charge on any atom is -0.381 e. The smallest absolute Gasteiger partial charge is 0.125 e. The first-order chi connectivity index (χ1) is 12.2. The van der Waals surface area contributed by atoms with Crippen LogP contribution in [0.4, 0.5) is 0 Å². The number of nitrogens with zero attached hydrogens (tertiary/aromatic N) is 4. The number of aryl methyl sites for hydroxylation is 2. The summed E-state index contributed by atoms with van der Waals surface area (Å²) in [6.07, 6.45) is 7.90. The summed E-state index contributed by atoms with van der Waals surface area (Å²) in [5, 5.41) is 3.75. The maximum Gasteiger partial charge on any atom is 0.125 e. The Labute approximate surface area is 147 Å². The molecule has 0 spiro atoms. The molecular formula is C19H25N5O. The summed E-state index contributed by atoms with van der Waals surface area (Å²) in [6, 6.07) is 6.73. The van der Waals surface area contributed by atoms with E-state index in [1.165, 1.54) is 5.56 Å². The third-order valence-electron chi connectivity index (χ3n) is 5.19. The highest BCUT2D eigenvalue weighted by atomic mass is 16.5. The van der Waals surface area contributed by atoms with Crippen LogP contribution >= 0.6 is 0 Å². The summed E-state index contributed by atoms with van der Waals surface area (Å²) in [5.74, 6) is 1.65. The lowest BCUT2D eigenvalue weighted by atomic mass is 9.91. The van der Waals surface area contributed by atoms with Gasteiger partial charge in [0.05, 0.1) is 23.4 Å². The van der Waals surface area contributed by atoms with Crippen LogP contribution in [-0.4, -0.2) is 32.3 Å². The maximum atomic E-state index is 5.55. The molecule has 2 aromatic heterocycles. The normalized spacial score (nSPS) is 17.2. The van der Waals surface area contributed by atoms with Crippen molar-refractivity contribution in [3.05, 3.63) is 48.3 Å². The number of aromatic nitrogens is 4. The highest BCUT2D eigenvalue weighted by Gasteiger charge is 2.27. The molecule has 6 nitrogen and oxygen atoms in total. The molecule has 0 saturated carbocycles. The van der Waals surface area contributed by atoms with E-state index in [1.54, 1.807) is 0 Å². The number of ether oxygens (including phenoxy) is 1. The van der Waals surface area contributed by atoms with Gasteiger partial charge >= 0.3 is 0 Å². The summed E-state index contributed by atoms with van der Waals surface area (Å²) in [7, 11) is 4.09. The van der Waals surface area contributed by atoms with Gasteiger partial charge in [0.25, 0.3) is 0 Å². The quantitative estimate of drug-likeness (QED) is 0.776. The van der Waals surface area contributed by atoms with Gasteiger partial charge in [0, 0.05) is 46.2 Å². The third-order valence-corrected chi connectivity index (χ3v) is 5.19. The first kappa shape index (κ1) is 16.3. The number of hydrogen-bond donors (Lipinski definition) is 1. The summed E-state index contributed by atoms with van der Waals surface area (Å²) in [6.45, 7) is 2.49. The summed E-state index contributed by atoms with van der Waals surface area (Å²) >= 11 is 0. The van der Waals surface area contributed by atoms with E-state index in [9.17, 15) is 0 Å². The lowest BCUT2D eigenvalue weighted by Crippen LogP contribution is -2.33. The predicted molar refractivity (Wildman–Crippen MR) is 97.0 cm³/mol. The Balaban J connectivity index is 1.54. The SMILES string of the molecule is Cn1ccnc1[C@H](NCc1ccc2c(c1)ncn2C)C1CCOCC1. The van der Waals surface area contributed by atoms with Crippen molar-refractivity contribution >= 4 is 11.0 Å². The molecule has 6 heteroatoms. The van der Waals surface area contributed by atoms with Crippen molar-refractivity contribution in [2.75, 3.05) is 13.2 Å². The zero-order valence-electron chi connectivity index (χ0n) is 14.9. The van der Waals surface area contributed by atoms with Gasteiger partial charge < -0.3 is 19.2 Å². The molecule has 3 heterocycles. The maximum absolute atomic E-state index is 5.55. The van der Waals surface area contributed by atoms with Crippen LogP contribution in [0.2, 0.25) is 0 Å². The van der Waals surface area contributed by atoms with E-state index < -0.39 is 0 Å². The molecule has 1 aliphatic rings. The molecule has 0 amide bonds. The molecular weight excluding hydrogens is 314 g/mol. The fourth-order valence-electron chi connectivity index (χ4n) is 3.71. The van der Waals surface area contributed by atoms with E-state index in [0.29, 0.717) is 5.92 Å². The van der Waals surface area contributed by atoms with E-state index in [-0.39, 0.29) is 6.04 Å². The van der Waals surface area contributed by atoms with Crippen molar-refractivity contribution in [3.8, 4) is 0 Å². The van der Waals surface area contributed by atoms with Gasteiger partial charge in [0.1, 0.15) is 5.82 Å².